The highest BCUT2D eigenvalue weighted by atomic mass is 19.4. The molecule has 0 saturated heterocycles. The molecule has 0 aliphatic heterocycles. The zero-order chi connectivity index (χ0) is 18.6. The largest absolute Gasteiger partial charge is 0.457 e. The van der Waals surface area contributed by atoms with E-state index < -0.39 is 17.7 Å². The van der Waals surface area contributed by atoms with Crippen LogP contribution in [-0.4, -0.2) is 5.97 Å². The predicted octanol–water partition coefficient (Wildman–Crippen LogP) is 5.72. The quantitative estimate of drug-likeness (QED) is 0.442. The third kappa shape index (κ3) is 4.42. The number of carbonyl (C=O) groups is 1. The molecule has 0 fully saturated rings. The molecule has 3 aromatic carbocycles. The predicted molar refractivity (Wildman–Crippen MR) is 89.4 cm³/mol. The number of halogens is 3. The summed E-state index contributed by atoms with van der Waals surface area (Å²) >= 11 is 0. The van der Waals surface area contributed by atoms with Gasteiger partial charge in [0.2, 0.25) is 0 Å². The molecule has 0 aliphatic carbocycles. The van der Waals surface area contributed by atoms with Crippen LogP contribution in [0.5, 0.6) is 17.2 Å². The minimum atomic E-state index is -4.45. The number of rotatable bonds is 4. The van der Waals surface area contributed by atoms with Crippen LogP contribution in [0.1, 0.15) is 15.9 Å². The second kappa shape index (κ2) is 7.31. The SMILES string of the molecule is O=C(Oc1ccc(Oc2ccccc2)cc1)c1ccc(C(F)(F)F)cc1. The summed E-state index contributed by atoms with van der Waals surface area (Å²) in [6, 6.07) is 19.3. The first-order chi connectivity index (χ1) is 12.4. The van der Waals surface area contributed by atoms with Crippen molar-refractivity contribution >= 4 is 5.97 Å². The third-order valence-electron chi connectivity index (χ3n) is 3.46. The number of carbonyl (C=O) groups excluding carboxylic acids is 1. The summed E-state index contributed by atoms with van der Waals surface area (Å²) in [5, 5.41) is 0. The molecule has 0 spiro atoms. The number of alkyl halides is 3. The molecule has 3 aromatic rings. The molecule has 0 heterocycles. The van der Waals surface area contributed by atoms with E-state index in [2.05, 4.69) is 0 Å². The number of esters is 1. The van der Waals surface area contributed by atoms with Gasteiger partial charge in [0, 0.05) is 0 Å². The molecule has 132 valence electrons. The lowest BCUT2D eigenvalue weighted by Crippen LogP contribution is -2.10. The lowest BCUT2D eigenvalue weighted by atomic mass is 10.1. The van der Waals surface area contributed by atoms with Gasteiger partial charge in [0.1, 0.15) is 17.2 Å². The van der Waals surface area contributed by atoms with Crippen LogP contribution in [0.25, 0.3) is 0 Å². The summed E-state index contributed by atoms with van der Waals surface area (Å²) in [6.45, 7) is 0. The number of hydrogen-bond acceptors (Lipinski definition) is 3. The first kappa shape index (κ1) is 17.5. The van der Waals surface area contributed by atoms with Crippen LogP contribution >= 0.6 is 0 Å². The summed E-state index contributed by atoms with van der Waals surface area (Å²) in [4.78, 5) is 12.0. The van der Waals surface area contributed by atoms with Gasteiger partial charge in [0.15, 0.2) is 0 Å². The minimum absolute atomic E-state index is 0.0302. The average Bonchev–Trinajstić information content (AvgIpc) is 2.63. The number of benzene rings is 3. The molecule has 6 heteroatoms. The first-order valence-electron chi connectivity index (χ1n) is 7.64. The van der Waals surface area contributed by atoms with Gasteiger partial charge in [-0.1, -0.05) is 18.2 Å². The van der Waals surface area contributed by atoms with E-state index in [9.17, 15) is 18.0 Å². The molecule has 3 rings (SSSR count). The van der Waals surface area contributed by atoms with Gasteiger partial charge in [-0.05, 0) is 60.7 Å². The molecule has 0 unspecified atom stereocenters. The van der Waals surface area contributed by atoms with E-state index in [1.54, 1.807) is 36.4 Å². The standard InChI is InChI=1S/C20H13F3O3/c21-20(22,23)15-8-6-14(7-9-15)19(24)26-18-12-10-17(11-13-18)25-16-4-2-1-3-5-16/h1-13H. The van der Waals surface area contributed by atoms with Crippen molar-refractivity contribution in [2.24, 2.45) is 0 Å². The van der Waals surface area contributed by atoms with E-state index in [0.717, 1.165) is 24.3 Å². The molecule has 0 amide bonds. The van der Waals surface area contributed by atoms with E-state index >= 15 is 0 Å². The first-order valence-corrected chi connectivity index (χ1v) is 7.64. The van der Waals surface area contributed by atoms with E-state index in [-0.39, 0.29) is 11.3 Å². The molecule has 0 saturated carbocycles. The minimum Gasteiger partial charge on any atom is -0.457 e. The van der Waals surface area contributed by atoms with Gasteiger partial charge in [-0.25, -0.2) is 4.79 Å². The van der Waals surface area contributed by atoms with Crippen molar-refractivity contribution in [1.29, 1.82) is 0 Å². The molecule has 0 aliphatic rings. The number of ether oxygens (including phenoxy) is 2. The van der Waals surface area contributed by atoms with Crippen LogP contribution in [0.4, 0.5) is 13.2 Å². The average molecular weight is 358 g/mol. The van der Waals surface area contributed by atoms with Gasteiger partial charge in [-0.15, -0.1) is 0 Å². The van der Waals surface area contributed by atoms with Crippen molar-refractivity contribution in [3.05, 3.63) is 90.0 Å². The molecule has 0 aromatic heterocycles. The fraction of sp³-hybridized carbons (Fsp3) is 0.0500. The Balaban J connectivity index is 1.64. The van der Waals surface area contributed by atoms with Crippen molar-refractivity contribution in [2.45, 2.75) is 6.18 Å². The second-order valence-electron chi connectivity index (χ2n) is 5.35. The van der Waals surface area contributed by atoms with Crippen molar-refractivity contribution in [1.82, 2.24) is 0 Å². The maximum atomic E-state index is 12.5. The van der Waals surface area contributed by atoms with Crippen LogP contribution in [0.3, 0.4) is 0 Å². The Morgan fingerprint density at radius 2 is 1.23 bits per heavy atom. The molecule has 3 nitrogen and oxygen atoms in total. The zero-order valence-electron chi connectivity index (χ0n) is 13.4. The van der Waals surface area contributed by atoms with Gasteiger partial charge >= 0.3 is 12.1 Å². The molecule has 0 atom stereocenters. The monoisotopic (exact) mass is 358 g/mol. The lowest BCUT2D eigenvalue weighted by molar-refractivity contribution is -0.137. The van der Waals surface area contributed by atoms with E-state index in [4.69, 9.17) is 9.47 Å². The van der Waals surface area contributed by atoms with Gasteiger partial charge < -0.3 is 9.47 Å². The van der Waals surface area contributed by atoms with E-state index in [1.165, 1.54) is 0 Å². The number of para-hydroxylation sites is 1. The van der Waals surface area contributed by atoms with Gasteiger partial charge in [0.25, 0.3) is 0 Å². The van der Waals surface area contributed by atoms with Gasteiger partial charge in [0.05, 0.1) is 11.1 Å². The zero-order valence-corrected chi connectivity index (χ0v) is 13.4. The Morgan fingerprint density at radius 3 is 1.81 bits per heavy atom. The molecule has 0 bridgehead atoms. The molecular formula is C20H13F3O3. The summed E-state index contributed by atoms with van der Waals surface area (Å²) in [5.74, 6) is 0.748. The highest BCUT2D eigenvalue weighted by molar-refractivity contribution is 5.91. The fourth-order valence-electron chi connectivity index (χ4n) is 2.16. The summed E-state index contributed by atoms with van der Waals surface area (Å²) < 4.78 is 48.4. The molecular weight excluding hydrogens is 345 g/mol. The van der Waals surface area contributed by atoms with Crippen molar-refractivity contribution < 1.29 is 27.4 Å². The third-order valence-corrected chi connectivity index (χ3v) is 3.46. The van der Waals surface area contributed by atoms with Crippen LogP contribution in [-0.2, 0) is 6.18 Å². The van der Waals surface area contributed by atoms with Crippen molar-refractivity contribution in [3.63, 3.8) is 0 Å². The van der Waals surface area contributed by atoms with Crippen LogP contribution < -0.4 is 9.47 Å². The summed E-state index contributed by atoms with van der Waals surface area (Å²) in [6.07, 6.45) is -4.45. The Labute approximate surface area is 147 Å². The normalized spacial score (nSPS) is 11.0. The smallest absolute Gasteiger partial charge is 0.416 e. The van der Waals surface area contributed by atoms with E-state index in [0.29, 0.717) is 11.5 Å². The van der Waals surface area contributed by atoms with E-state index in [1.807, 2.05) is 18.2 Å². The second-order valence-corrected chi connectivity index (χ2v) is 5.35. The number of hydrogen-bond donors (Lipinski definition) is 0. The summed E-state index contributed by atoms with van der Waals surface area (Å²) in [5.41, 5.74) is -0.793. The van der Waals surface area contributed by atoms with Crippen LogP contribution in [0, 0.1) is 0 Å². The molecule has 0 radical (unpaired) electrons. The Morgan fingerprint density at radius 1 is 0.692 bits per heavy atom. The van der Waals surface area contributed by atoms with Crippen molar-refractivity contribution in [2.75, 3.05) is 0 Å². The van der Waals surface area contributed by atoms with Crippen LogP contribution in [0.2, 0.25) is 0 Å². The lowest BCUT2D eigenvalue weighted by Gasteiger charge is -2.09. The fourth-order valence-corrected chi connectivity index (χ4v) is 2.16. The van der Waals surface area contributed by atoms with Crippen molar-refractivity contribution in [3.8, 4) is 17.2 Å². The highest BCUT2D eigenvalue weighted by Gasteiger charge is 2.30. The topological polar surface area (TPSA) is 35.5 Å². The maximum absolute atomic E-state index is 12.5. The molecule has 26 heavy (non-hydrogen) atoms. The highest BCUT2D eigenvalue weighted by Crippen LogP contribution is 2.29. The molecule has 0 N–H and O–H groups in total. The van der Waals surface area contributed by atoms with Gasteiger partial charge in [-0.3, -0.25) is 0 Å². The Hall–Kier alpha value is -3.28. The maximum Gasteiger partial charge on any atom is 0.416 e. The Kier molecular flexibility index (Phi) is 4.93. The van der Waals surface area contributed by atoms with Gasteiger partial charge in [-0.2, -0.15) is 13.2 Å². The summed E-state index contributed by atoms with van der Waals surface area (Å²) in [7, 11) is 0. The Bertz CT molecular complexity index is 871. The van der Waals surface area contributed by atoms with Crippen LogP contribution in [0.15, 0.2) is 78.9 Å².